The minimum absolute atomic E-state index is 0.0721. The van der Waals surface area contributed by atoms with Crippen LogP contribution in [0.1, 0.15) is 45.9 Å². The van der Waals surface area contributed by atoms with Crippen LogP contribution in [0, 0.1) is 19.8 Å². The molecule has 1 aliphatic carbocycles. The summed E-state index contributed by atoms with van der Waals surface area (Å²) in [5, 5.41) is 7.53. The van der Waals surface area contributed by atoms with Crippen molar-refractivity contribution < 1.29 is 14.4 Å². The number of aryl methyl sites for hydroxylation is 2. The smallest absolute Gasteiger partial charge is 0.269 e. The van der Waals surface area contributed by atoms with Crippen LogP contribution >= 0.6 is 11.6 Å². The third-order valence-corrected chi connectivity index (χ3v) is 6.01. The largest absolute Gasteiger partial charge is 0.351 e. The Morgan fingerprint density at radius 2 is 1.97 bits per heavy atom. The van der Waals surface area contributed by atoms with E-state index >= 15 is 0 Å². The second-order valence-electron chi connectivity index (χ2n) is 8.06. The molecule has 4 rings (SSSR count). The van der Waals surface area contributed by atoms with Gasteiger partial charge in [-0.25, -0.2) is 4.68 Å². The average Bonchev–Trinajstić information content (AvgIpc) is 3.32. The lowest BCUT2D eigenvalue weighted by Crippen LogP contribution is -2.27. The number of hydrogen-bond donors (Lipinski definition) is 1. The topological polar surface area (TPSA) is 93.9 Å². The van der Waals surface area contributed by atoms with Gasteiger partial charge in [0, 0.05) is 31.3 Å². The molecule has 1 fully saturated rings. The molecule has 2 atom stereocenters. The molecule has 0 aliphatic heterocycles. The van der Waals surface area contributed by atoms with E-state index in [0.717, 1.165) is 22.4 Å². The molecular formula is C24H23ClN4O3. The Morgan fingerprint density at radius 1 is 1.22 bits per heavy atom. The monoisotopic (exact) mass is 450 g/mol. The first-order valence-corrected chi connectivity index (χ1v) is 10.8. The molecule has 1 aromatic carbocycles. The number of halogens is 1. The summed E-state index contributed by atoms with van der Waals surface area (Å²) in [7, 11) is 0. The Balaban J connectivity index is 1.46. The summed E-state index contributed by atoms with van der Waals surface area (Å²) in [5.74, 6) is -1.61. The second kappa shape index (κ2) is 9.04. The molecule has 7 nitrogen and oxygen atoms in total. The number of benzene rings is 1. The summed E-state index contributed by atoms with van der Waals surface area (Å²) in [4.78, 5) is 42.1. The third-order valence-electron chi connectivity index (χ3n) is 5.82. The van der Waals surface area contributed by atoms with E-state index in [9.17, 15) is 14.4 Å². The Hall–Kier alpha value is -3.32. The second-order valence-corrected chi connectivity index (χ2v) is 8.50. The molecule has 0 radical (unpaired) electrons. The fourth-order valence-corrected chi connectivity index (χ4v) is 4.47. The number of carbonyl (C=O) groups excluding carboxylic acids is 3. The minimum atomic E-state index is -0.762. The maximum Gasteiger partial charge on any atom is 0.269 e. The van der Waals surface area contributed by atoms with E-state index < -0.39 is 11.8 Å². The highest BCUT2D eigenvalue weighted by atomic mass is 35.5. The van der Waals surface area contributed by atoms with Gasteiger partial charge in [0.05, 0.1) is 16.9 Å². The zero-order valence-corrected chi connectivity index (χ0v) is 18.6. The van der Waals surface area contributed by atoms with E-state index in [1.165, 1.54) is 0 Å². The maximum atomic E-state index is 13.1. The lowest BCUT2D eigenvalue weighted by molar-refractivity contribution is -0.124. The predicted molar refractivity (Wildman–Crippen MR) is 120 cm³/mol. The first-order valence-electron chi connectivity index (χ1n) is 10.4. The van der Waals surface area contributed by atoms with Crippen LogP contribution in [0.25, 0.3) is 5.69 Å². The van der Waals surface area contributed by atoms with Crippen molar-refractivity contribution in [3.05, 3.63) is 76.3 Å². The highest BCUT2D eigenvalue weighted by Crippen LogP contribution is 2.37. The number of Topliss-reactive ketones (excluding diaryl/α,β-unsaturated/α-hetero) is 2. The quantitative estimate of drug-likeness (QED) is 0.579. The summed E-state index contributed by atoms with van der Waals surface area (Å²) < 4.78 is 1.66. The summed E-state index contributed by atoms with van der Waals surface area (Å²) >= 11 is 5.97. The summed E-state index contributed by atoms with van der Waals surface area (Å²) in [6.45, 7) is 4.11. The van der Waals surface area contributed by atoms with Gasteiger partial charge in [0.25, 0.3) is 5.91 Å². The minimum Gasteiger partial charge on any atom is -0.351 e. The van der Waals surface area contributed by atoms with Crippen LogP contribution in [-0.4, -0.2) is 38.8 Å². The van der Waals surface area contributed by atoms with Crippen LogP contribution in [0.15, 0.2) is 48.9 Å². The lowest BCUT2D eigenvalue weighted by Gasteiger charge is -2.17. The average molecular weight is 451 g/mol. The van der Waals surface area contributed by atoms with E-state index in [2.05, 4.69) is 15.4 Å². The molecule has 2 heterocycles. The molecule has 0 bridgehead atoms. The molecule has 0 saturated heterocycles. The molecule has 2 unspecified atom stereocenters. The molecule has 164 valence electrons. The standard InChI is InChI=1S/C24H23ClN4O3/c1-14-9-18(29-13-17(25)12-28-29)10-15(2)21(14)22-20(30)11-16(23(22)31)6-8-27-24(32)19-5-3-4-7-26-19/h3-5,7,9-10,12-13,16,22H,6,8,11H2,1-2H3,(H,27,32). The van der Waals surface area contributed by atoms with Gasteiger partial charge in [0.2, 0.25) is 0 Å². The number of ketones is 2. The molecular weight excluding hydrogens is 428 g/mol. The van der Waals surface area contributed by atoms with Crippen LogP contribution in [0.5, 0.6) is 0 Å². The van der Waals surface area contributed by atoms with Crippen molar-refractivity contribution in [3.63, 3.8) is 0 Å². The van der Waals surface area contributed by atoms with Crippen LogP contribution in [0.3, 0.4) is 0 Å². The zero-order chi connectivity index (χ0) is 22.8. The number of hydrogen-bond acceptors (Lipinski definition) is 5. The Bertz CT molecular complexity index is 1170. The van der Waals surface area contributed by atoms with E-state index in [4.69, 9.17) is 11.6 Å². The van der Waals surface area contributed by atoms with Gasteiger partial charge in [-0.15, -0.1) is 0 Å². The number of pyridine rings is 1. The fraction of sp³-hybridized carbons (Fsp3) is 0.292. The molecule has 1 aliphatic rings. The predicted octanol–water partition coefficient (Wildman–Crippen LogP) is 3.60. The number of carbonyl (C=O) groups is 3. The van der Waals surface area contributed by atoms with Crippen molar-refractivity contribution in [2.75, 3.05) is 6.54 Å². The first-order chi connectivity index (χ1) is 15.3. The van der Waals surface area contributed by atoms with Crippen LogP contribution in [0.4, 0.5) is 0 Å². The number of rotatable bonds is 6. The number of nitrogens with zero attached hydrogens (tertiary/aromatic N) is 3. The van der Waals surface area contributed by atoms with Gasteiger partial charge in [0.15, 0.2) is 5.78 Å². The van der Waals surface area contributed by atoms with Gasteiger partial charge >= 0.3 is 0 Å². The molecule has 8 heteroatoms. The van der Waals surface area contributed by atoms with Crippen LogP contribution < -0.4 is 5.32 Å². The van der Waals surface area contributed by atoms with Crippen molar-refractivity contribution in [3.8, 4) is 5.69 Å². The molecule has 3 aromatic rings. The molecule has 2 aromatic heterocycles. The normalized spacial score (nSPS) is 18.2. The number of nitrogens with one attached hydrogen (secondary N) is 1. The van der Waals surface area contributed by atoms with E-state index in [-0.39, 0.29) is 23.9 Å². The third kappa shape index (κ3) is 4.34. The van der Waals surface area contributed by atoms with Gasteiger partial charge in [0.1, 0.15) is 17.4 Å². The summed E-state index contributed by atoms with van der Waals surface area (Å²) in [6.07, 6.45) is 5.42. The van der Waals surface area contributed by atoms with Gasteiger partial charge in [-0.1, -0.05) is 17.7 Å². The van der Waals surface area contributed by atoms with Gasteiger partial charge in [-0.2, -0.15) is 5.10 Å². The van der Waals surface area contributed by atoms with Crippen molar-refractivity contribution >= 4 is 29.1 Å². The van der Waals surface area contributed by atoms with Gasteiger partial charge < -0.3 is 5.32 Å². The van der Waals surface area contributed by atoms with Crippen LogP contribution in [0.2, 0.25) is 5.02 Å². The highest BCUT2D eigenvalue weighted by Gasteiger charge is 2.42. The Morgan fingerprint density at radius 3 is 2.59 bits per heavy atom. The van der Waals surface area contributed by atoms with Crippen molar-refractivity contribution in [1.82, 2.24) is 20.1 Å². The van der Waals surface area contributed by atoms with Crippen LogP contribution in [-0.2, 0) is 9.59 Å². The van der Waals surface area contributed by atoms with Crippen molar-refractivity contribution in [2.45, 2.75) is 32.6 Å². The lowest BCUT2D eigenvalue weighted by atomic mass is 9.87. The van der Waals surface area contributed by atoms with Crippen molar-refractivity contribution in [1.29, 1.82) is 0 Å². The van der Waals surface area contributed by atoms with Gasteiger partial charge in [-0.05, 0) is 61.2 Å². The van der Waals surface area contributed by atoms with E-state index in [1.807, 2.05) is 26.0 Å². The molecule has 0 spiro atoms. The maximum absolute atomic E-state index is 13.1. The van der Waals surface area contributed by atoms with E-state index in [1.54, 1.807) is 41.5 Å². The highest BCUT2D eigenvalue weighted by molar-refractivity contribution is 6.30. The Labute approximate surface area is 190 Å². The Kier molecular flexibility index (Phi) is 6.19. The van der Waals surface area contributed by atoms with Crippen molar-refractivity contribution in [2.24, 2.45) is 5.92 Å². The zero-order valence-electron chi connectivity index (χ0n) is 17.8. The van der Waals surface area contributed by atoms with E-state index in [0.29, 0.717) is 23.7 Å². The molecule has 1 saturated carbocycles. The SMILES string of the molecule is Cc1cc(-n2cc(Cl)cn2)cc(C)c1C1C(=O)CC(CCNC(=O)c2ccccn2)C1=O. The summed E-state index contributed by atoms with van der Waals surface area (Å²) in [5.41, 5.74) is 3.64. The molecule has 32 heavy (non-hydrogen) atoms. The molecule has 1 amide bonds. The van der Waals surface area contributed by atoms with Gasteiger partial charge in [-0.3, -0.25) is 19.4 Å². The molecule has 1 N–H and O–H groups in total. The fourth-order valence-electron chi connectivity index (χ4n) is 4.33. The number of amides is 1. The summed E-state index contributed by atoms with van der Waals surface area (Å²) in [6, 6.07) is 8.92. The first kappa shape index (κ1) is 21.9. The number of aromatic nitrogens is 3.